The van der Waals surface area contributed by atoms with Crippen molar-refractivity contribution in [3.8, 4) is 11.5 Å². The molecular weight excluding hydrogens is 342 g/mol. The van der Waals surface area contributed by atoms with E-state index in [1.807, 2.05) is 19.1 Å². The van der Waals surface area contributed by atoms with E-state index in [1.54, 1.807) is 19.2 Å². The Labute approximate surface area is 159 Å². The number of carbonyl (C=O) groups is 1. The molecule has 1 amide bonds. The number of rotatable bonds is 6. The molecule has 2 N–H and O–H groups in total. The van der Waals surface area contributed by atoms with Crippen LogP contribution in [0.5, 0.6) is 11.5 Å². The van der Waals surface area contributed by atoms with Crippen molar-refractivity contribution in [2.24, 2.45) is 5.10 Å². The highest BCUT2D eigenvalue weighted by atomic mass is 16.5. The molecule has 0 saturated carbocycles. The number of nitrogens with zero attached hydrogens (tertiary/aromatic N) is 2. The molecule has 2 aromatic carbocycles. The average Bonchev–Trinajstić information content (AvgIpc) is 3.18. The van der Waals surface area contributed by atoms with Crippen LogP contribution in [0.3, 0.4) is 0 Å². The summed E-state index contributed by atoms with van der Waals surface area (Å²) in [6.07, 6.45) is 2.48. The van der Waals surface area contributed by atoms with Crippen molar-refractivity contribution in [2.45, 2.75) is 26.3 Å². The van der Waals surface area contributed by atoms with E-state index in [0.717, 1.165) is 36.5 Å². The lowest BCUT2D eigenvalue weighted by Gasteiger charge is -2.17. The molecule has 6 heteroatoms. The first-order chi connectivity index (χ1) is 13.1. The second-order valence-corrected chi connectivity index (χ2v) is 6.70. The van der Waals surface area contributed by atoms with Gasteiger partial charge in [-0.25, -0.2) is 5.43 Å². The van der Waals surface area contributed by atoms with E-state index in [0.29, 0.717) is 11.3 Å². The molecule has 2 aromatic rings. The number of hydrogen-bond acceptors (Lipinski definition) is 5. The number of phenols is 1. The first-order valence-corrected chi connectivity index (χ1v) is 9.10. The molecule has 0 bridgehead atoms. The predicted molar refractivity (Wildman–Crippen MR) is 105 cm³/mol. The second kappa shape index (κ2) is 8.68. The molecule has 0 aromatic heterocycles. The van der Waals surface area contributed by atoms with Gasteiger partial charge >= 0.3 is 0 Å². The molecule has 1 saturated heterocycles. The van der Waals surface area contributed by atoms with Crippen LogP contribution in [0.4, 0.5) is 0 Å². The van der Waals surface area contributed by atoms with Crippen LogP contribution < -0.4 is 10.2 Å². The van der Waals surface area contributed by atoms with Gasteiger partial charge in [-0.05, 0) is 74.8 Å². The van der Waals surface area contributed by atoms with Crippen molar-refractivity contribution < 1.29 is 14.6 Å². The third kappa shape index (κ3) is 4.86. The molecule has 0 aliphatic carbocycles. The quantitative estimate of drug-likeness (QED) is 0.608. The molecule has 0 spiro atoms. The number of hydrazone groups is 1. The molecule has 3 rings (SSSR count). The summed E-state index contributed by atoms with van der Waals surface area (Å²) in [5.41, 5.74) is 5.65. The number of benzene rings is 2. The molecule has 0 unspecified atom stereocenters. The summed E-state index contributed by atoms with van der Waals surface area (Å²) in [4.78, 5) is 14.6. The van der Waals surface area contributed by atoms with Gasteiger partial charge in [-0.15, -0.1) is 0 Å². The number of hydrogen-bond donors (Lipinski definition) is 2. The Morgan fingerprint density at radius 2 is 1.96 bits per heavy atom. The van der Waals surface area contributed by atoms with Gasteiger partial charge in [-0.3, -0.25) is 9.69 Å². The Kier molecular flexibility index (Phi) is 6.08. The van der Waals surface area contributed by atoms with Crippen LogP contribution in [-0.4, -0.2) is 41.8 Å². The van der Waals surface area contributed by atoms with E-state index in [1.165, 1.54) is 25.0 Å². The largest absolute Gasteiger partial charge is 0.508 e. The standard InChI is InChI=1S/C21H25N3O3/c1-15(22-23-21(26)17-6-5-7-19(25)13-17)16-8-9-20(27-2)18(12-16)14-24-10-3-4-11-24/h5-9,12-13,25H,3-4,10-11,14H2,1-2H3,(H,23,26)/b22-15-. The maximum Gasteiger partial charge on any atom is 0.271 e. The topological polar surface area (TPSA) is 74.2 Å². The third-order valence-electron chi connectivity index (χ3n) is 4.72. The van der Waals surface area contributed by atoms with Crippen LogP contribution in [0.15, 0.2) is 47.6 Å². The molecule has 6 nitrogen and oxygen atoms in total. The fourth-order valence-electron chi connectivity index (χ4n) is 3.22. The van der Waals surface area contributed by atoms with Crippen molar-refractivity contribution in [1.29, 1.82) is 0 Å². The molecular formula is C21H25N3O3. The first kappa shape index (κ1) is 18.9. The van der Waals surface area contributed by atoms with Gasteiger partial charge in [0.1, 0.15) is 11.5 Å². The lowest BCUT2D eigenvalue weighted by Crippen LogP contribution is -2.20. The maximum atomic E-state index is 12.2. The van der Waals surface area contributed by atoms with Gasteiger partial charge in [0, 0.05) is 17.7 Å². The van der Waals surface area contributed by atoms with Crippen LogP contribution >= 0.6 is 0 Å². The number of nitrogens with one attached hydrogen (secondary N) is 1. The zero-order chi connectivity index (χ0) is 19.2. The van der Waals surface area contributed by atoms with Crippen LogP contribution in [0.2, 0.25) is 0 Å². The van der Waals surface area contributed by atoms with E-state index in [2.05, 4.69) is 21.5 Å². The maximum absolute atomic E-state index is 12.2. The summed E-state index contributed by atoms with van der Waals surface area (Å²) in [7, 11) is 1.68. The Bertz CT molecular complexity index is 842. The van der Waals surface area contributed by atoms with Crippen molar-refractivity contribution in [3.05, 3.63) is 59.2 Å². The number of aromatic hydroxyl groups is 1. The summed E-state index contributed by atoms with van der Waals surface area (Å²) in [6, 6.07) is 12.1. The molecule has 1 aliphatic heterocycles. The van der Waals surface area contributed by atoms with Gasteiger partial charge < -0.3 is 9.84 Å². The van der Waals surface area contributed by atoms with Crippen molar-refractivity contribution in [2.75, 3.05) is 20.2 Å². The molecule has 1 heterocycles. The van der Waals surface area contributed by atoms with Crippen molar-refractivity contribution in [1.82, 2.24) is 10.3 Å². The van der Waals surface area contributed by atoms with Gasteiger partial charge in [-0.1, -0.05) is 6.07 Å². The predicted octanol–water partition coefficient (Wildman–Crippen LogP) is 3.15. The zero-order valence-electron chi connectivity index (χ0n) is 15.7. The first-order valence-electron chi connectivity index (χ1n) is 9.10. The summed E-state index contributed by atoms with van der Waals surface area (Å²) < 4.78 is 5.50. The SMILES string of the molecule is COc1ccc(/C(C)=N\NC(=O)c2cccc(O)c2)cc1CN1CCCC1. The van der Waals surface area contributed by atoms with Crippen LogP contribution in [-0.2, 0) is 6.54 Å². The number of methoxy groups -OCH3 is 1. The normalized spacial score (nSPS) is 15.0. The number of amides is 1. The van der Waals surface area contributed by atoms with Crippen LogP contribution in [0.25, 0.3) is 0 Å². The minimum atomic E-state index is -0.365. The molecule has 1 fully saturated rings. The third-order valence-corrected chi connectivity index (χ3v) is 4.72. The molecule has 1 aliphatic rings. The van der Waals surface area contributed by atoms with E-state index in [9.17, 15) is 9.90 Å². The highest BCUT2D eigenvalue weighted by Crippen LogP contribution is 2.24. The summed E-state index contributed by atoms with van der Waals surface area (Å²) in [6.45, 7) is 4.92. The van der Waals surface area contributed by atoms with Gasteiger partial charge in [0.25, 0.3) is 5.91 Å². The van der Waals surface area contributed by atoms with Crippen LogP contribution in [0, 0.1) is 0 Å². The lowest BCUT2D eigenvalue weighted by molar-refractivity contribution is 0.0954. The fraction of sp³-hybridized carbons (Fsp3) is 0.333. The summed E-state index contributed by atoms with van der Waals surface area (Å²) in [5.74, 6) is 0.545. The van der Waals surface area contributed by atoms with E-state index < -0.39 is 0 Å². The van der Waals surface area contributed by atoms with Crippen molar-refractivity contribution >= 4 is 11.6 Å². The summed E-state index contributed by atoms with van der Waals surface area (Å²) >= 11 is 0. The highest BCUT2D eigenvalue weighted by Gasteiger charge is 2.15. The Morgan fingerprint density at radius 3 is 2.67 bits per heavy atom. The number of phenolic OH excluding ortho intramolecular Hbond substituents is 1. The highest BCUT2D eigenvalue weighted by molar-refractivity contribution is 6.01. The Balaban J connectivity index is 1.74. The van der Waals surface area contributed by atoms with Gasteiger partial charge in [0.2, 0.25) is 0 Å². The van der Waals surface area contributed by atoms with Gasteiger partial charge in [0.15, 0.2) is 0 Å². The van der Waals surface area contributed by atoms with Gasteiger partial charge in [-0.2, -0.15) is 5.10 Å². The minimum Gasteiger partial charge on any atom is -0.508 e. The smallest absolute Gasteiger partial charge is 0.271 e. The van der Waals surface area contributed by atoms with E-state index >= 15 is 0 Å². The van der Waals surface area contributed by atoms with E-state index in [4.69, 9.17) is 4.74 Å². The zero-order valence-corrected chi connectivity index (χ0v) is 15.7. The Morgan fingerprint density at radius 1 is 1.19 bits per heavy atom. The van der Waals surface area contributed by atoms with Gasteiger partial charge in [0.05, 0.1) is 12.8 Å². The minimum absolute atomic E-state index is 0.0464. The molecule has 27 heavy (non-hydrogen) atoms. The second-order valence-electron chi connectivity index (χ2n) is 6.70. The van der Waals surface area contributed by atoms with E-state index in [-0.39, 0.29) is 11.7 Å². The molecule has 0 atom stereocenters. The fourth-order valence-corrected chi connectivity index (χ4v) is 3.22. The number of ether oxygens (including phenoxy) is 1. The average molecular weight is 367 g/mol. The summed E-state index contributed by atoms with van der Waals surface area (Å²) in [5, 5.41) is 13.7. The Hall–Kier alpha value is -2.86. The van der Waals surface area contributed by atoms with Crippen LogP contribution in [0.1, 0.15) is 41.3 Å². The van der Waals surface area contributed by atoms with Crippen molar-refractivity contribution in [3.63, 3.8) is 0 Å². The number of likely N-dealkylation sites (tertiary alicyclic amines) is 1. The molecule has 142 valence electrons. The molecule has 0 radical (unpaired) electrons. The monoisotopic (exact) mass is 367 g/mol. The lowest BCUT2D eigenvalue weighted by atomic mass is 10.1. The number of carbonyl (C=O) groups excluding carboxylic acids is 1.